The second-order valence-electron chi connectivity index (χ2n) is 3.60. The highest BCUT2D eigenvalue weighted by molar-refractivity contribution is 6.34. The third-order valence-electron chi connectivity index (χ3n) is 2.31. The molecule has 0 aliphatic rings. The van der Waals surface area contributed by atoms with Crippen molar-refractivity contribution in [3.05, 3.63) is 67.9 Å². The first-order chi connectivity index (χ1) is 8.56. The number of nitrogens with zero attached hydrogens (tertiary/aromatic N) is 2. The molecule has 18 heavy (non-hydrogen) atoms. The van der Waals surface area contributed by atoms with Crippen LogP contribution < -0.4 is 0 Å². The Morgan fingerprint density at radius 2 is 2.17 bits per heavy atom. The summed E-state index contributed by atoms with van der Waals surface area (Å²) in [5, 5.41) is 11.3. The quantitative estimate of drug-likeness (QED) is 0.637. The van der Waals surface area contributed by atoms with Crippen molar-refractivity contribution in [3.8, 4) is 0 Å². The van der Waals surface area contributed by atoms with E-state index >= 15 is 0 Å². The van der Waals surface area contributed by atoms with Crippen LogP contribution in [0, 0.1) is 16.2 Å². The van der Waals surface area contributed by atoms with Crippen LogP contribution in [0.15, 0.2) is 30.5 Å². The number of pyridine rings is 1. The van der Waals surface area contributed by atoms with Crippen LogP contribution in [0.5, 0.6) is 0 Å². The fourth-order valence-corrected chi connectivity index (χ4v) is 1.91. The first-order valence-electron chi connectivity index (χ1n) is 5.02. The van der Waals surface area contributed by atoms with Gasteiger partial charge in [-0.3, -0.25) is 15.1 Å². The average Bonchev–Trinajstić information content (AvgIpc) is 2.33. The third-order valence-corrected chi connectivity index (χ3v) is 2.81. The Morgan fingerprint density at radius 1 is 1.39 bits per heavy atom. The van der Waals surface area contributed by atoms with Crippen molar-refractivity contribution in [1.29, 1.82) is 0 Å². The molecule has 1 aromatic carbocycles. The molecule has 0 aliphatic heterocycles. The van der Waals surface area contributed by atoms with Crippen LogP contribution >= 0.6 is 23.2 Å². The Hall–Kier alpha value is -1.65. The molecule has 1 aromatic heterocycles. The highest BCUT2D eigenvalue weighted by Gasteiger charge is 2.09. The zero-order chi connectivity index (χ0) is 13.1. The molecule has 0 N–H and O–H groups in total. The fraction of sp³-hybridized carbons (Fsp3) is 0.0833. The number of benzene rings is 1. The number of hydrogen-bond acceptors (Lipinski definition) is 3. The molecule has 6 heteroatoms. The number of nitro groups is 1. The highest BCUT2D eigenvalue weighted by Crippen LogP contribution is 2.22. The standard InChI is InChI=1S/C12H7Cl2N2O2/c13-9-6-11(14)12(15-7-9)5-8-2-1-3-10(4-8)16(17)18/h1-4,7H,5H2. The van der Waals surface area contributed by atoms with Gasteiger partial charge >= 0.3 is 0 Å². The SMILES string of the molecule is O=[N+]([O-])c1cccc(Cc2ncc(Cl)[c]c2Cl)c1. The van der Waals surface area contributed by atoms with E-state index < -0.39 is 4.92 Å². The molecule has 1 radical (unpaired) electrons. The summed E-state index contributed by atoms with van der Waals surface area (Å²) < 4.78 is 0. The predicted molar refractivity (Wildman–Crippen MR) is 69.0 cm³/mol. The molecule has 0 saturated carbocycles. The van der Waals surface area contributed by atoms with E-state index in [0.29, 0.717) is 22.2 Å². The fourth-order valence-electron chi connectivity index (χ4n) is 1.50. The molecule has 2 rings (SSSR count). The lowest BCUT2D eigenvalue weighted by molar-refractivity contribution is -0.384. The molecule has 0 saturated heterocycles. The normalized spacial score (nSPS) is 10.3. The molecule has 0 unspecified atom stereocenters. The highest BCUT2D eigenvalue weighted by atomic mass is 35.5. The van der Waals surface area contributed by atoms with E-state index in [2.05, 4.69) is 11.1 Å². The smallest absolute Gasteiger partial charge is 0.258 e. The molecule has 0 fully saturated rings. The maximum absolute atomic E-state index is 10.7. The van der Waals surface area contributed by atoms with E-state index in [1.165, 1.54) is 18.3 Å². The number of rotatable bonds is 3. The lowest BCUT2D eigenvalue weighted by atomic mass is 10.1. The van der Waals surface area contributed by atoms with Crippen LogP contribution in [0.4, 0.5) is 5.69 Å². The summed E-state index contributed by atoms with van der Waals surface area (Å²) in [5.41, 5.74) is 1.39. The maximum Gasteiger partial charge on any atom is 0.269 e. The van der Waals surface area contributed by atoms with Gasteiger partial charge in [-0.05, 0) is 5.56 Å². The summed E-state index contributed by atoms with van der Waals surface area (Å²) in [4.78, 5) is 14.3. The Morgan fingerprint density at radius 3 is 2.83 bits per heavy atom. The summed E-state index contributed by atoms with van der Waals surface area (Å²) >= 11 is 11.6. The van der Waals surface area contributed by atoms with Gasteiger partial charge in [-0.15, -0.1) is 0 Å². The van der Waals surface area contributed by atoms with Crippen molar-refractivity contribution >= 4 is 28.9 Å². The lowest BCUT2D eigenvalue weighted by Crippen LogP contribution is -1.95. The summed E-state index contributed by atoms with van der Waals surface area (Å²) in [5.74, 6) is 0. The number of nitro benzene ring substituents is 1. The van der Waals surface area contributed by atoms with Gasteiger partial charge in [0, 0.05) is 30.8 Å². The van der Waals surface area contributed by atoms with Crippen molar-refractivity contribution in [2.45, 2.75) is 6.42 Å². The molecule has 1 heterocycles. The van der Waals surface area contributed by atoms with E-state index in [1.807, 2.05) is 0 Å². The Balaban J connectivity index is 2.28. The Kier molecular flexibility index (Phi) is 3.79. The zero-order valence-corrected chi connectivity index (χ0v) is 10.6. The molecule has 0 amide bonds. The number of halogens is 2. The van der Waals surface area contributed by atoms with E-state index in [4.69, 9.17) is 23.2 Å². The minimum absolute atomic E-state index is 0.0431. The summed E-state index contributed by atoms with van der Waals surface area (Å²) in [7, 11) is 0. The second kappa shape index (κ2) is 5.33. The van der Waals surface area contributed by atoms with Crippen molar-refractivity contribution in [2.24, 2.45) is 0 Å². The summed E-state index contributed by atoms with van der Waals surface area (Å²) in [6.07, 6.45) is 1.84. The first-order valence-corrected chi connectivity index (χ1v) is 5.77. The van der Waals surface area contributed by atoms with Crippen LogP contribution in [0.25, 0.3) is 0 Å². The van der Waals surface area contributed by atoms with Gasteiger partial charge in [-0.1, -0.05) is 35.3 Å². The average molecular weight is 282 g/mol. The van der Waals surface area contributed by atoms with Crippen molar-refractivity contribution in [2.75, 3.05) is 0 Å². The van der Waals surface area contributed by atoms with Crippen LogP contribution in [-0.2, 0) is 6.42 Å². The van der Waals surface area contributed by atoms with Gasteiger partial charge in [0.25, 0.3) is 5.69 Å². The summed E-state index contributed by atoms with van der Waals surface area (Å²) in [6, 6.07) is 9.06. The lowest BCUT2D eigenvalue weighted by Gasteiger charge is -2.03. The summed E-state index contributed by atoms with van der Waals surface area (Å²) in [6.45, 7) is 0. The number of non-ortho nitro benzene ring substituents is 1. The van der Waals surface area contributed by atoms with Gasteiger partial charge in [0.2, 0.25) is 0 Å². The minimum atomic E-state index is -0.438. The van der Waals surface area contributed by atoms with E-state index in [-0.39, 0.29) is 5.69 Å². The molecule has 91 valence electrons. The van der Waals surface area contributed by atoms with Gasteiger partial charge < -0.3 is 0 Å². The van der Waals surface area contributed by atoms with E-state index in [0.717, 1.165) is 5.56 Å². The van der Waals surface area contributed by atoms with Crippen LogP contribution in [0.1, 0.15) is 11.3 Å². The van der Waals surface area contributed by atoms with E-state index in [9.17, 15) is 10.1 Å². The molecule has 0 atom stereocenters. The first kappa shape index (κ1) is 12.8. The molecule has 2 aromatic rings. The minimum Gasteiger partial charge on any atom is -0.258 e. The Labute approximate surface area is 113 Å². The van der Waals surface area contributed by atoms with Gasteiger partial charge in [-0.2, -0.15) is 0 Å². The van der Waals surface area contributed by atoms with Gasteiger partial charge in [-0.25, -0.2) is 0 Å². The monoisotopic (exact) mass is 281 g/mol. The van der Waals surface area contributed by atoms with Crippen molar-refractivity contribution in [1.82, 2.24) is 4.98 Å². The van der Waals surface area contributed by atoms with Crippen LogP contribution in [0.2, 0.25) is 10.0 Å². The topological polar surface area (TPSA) is 56.0 Å². The largest absolute Gasteiger partial charge is 0.269 e. The zero-order valence-electron chi connectivity index (χ0n) is 9.06. The van der Waals surface area contributed by atoms with Crippen molar-refractivity contribution < 1.29 is 4.92 Å². The number of aromatic nitrogens is 1. The van der Waals surface area contributed by atoms with E-state index in [1.54, 1.807) is 12.1 Å². The molecular weight excluding hydrogens is 275 g/mol. The molecule has 0 aliphatic carbocycles. The van der Waals surface area contributed by atoms with Crippen LogP contribution in [-0.4, -0.2) is 9.91 Å². The number of hydrogen-bond donors (Lipinski definition) is 0. The second-order valence-corrected chi connectivity index (χ2v) is 4.38. The van der Waals surface area contributed by atoms with Gasteiger partial charge in [0.1, 0.15) is 0 Å². The predicted octanol–water partition coefficient (Wildman–Crippen LogP) is 3.69. The van der Waals surface area contributed by atoms with Gasteiger partial charge in [0.05, 0.1) is 20.7 Å². The van der Waals surface area contributed by atoms with Crippen LogP contribution in [0.3, 0.4) is 0 Å². The Bertz CT molecular complexity index is 602. The molecule has 0 bridgehead atoms. The molecular formula is C12H7Cl2N2O2. The maximum atomic E-state index is 10.7. The van der Waals surface area contributed by atoms with Gasteiger partial charge in [0.15, 0.2) is 0 Å². The molecule has 0 spiro atoms. The third kappa shape index (κ3) is 2.97. The molecule has 4 nitrogen and oxygen atoms in total. The van der Waals surface area contributed by atoms with Crippen molar-refractivity contribution in [3.63, 3.8) is 0 Å².